The van der Waals surface area contributed by atoms with E-state index in [1.807, 2.05) is 67.2 Å². The van der Waals surface area contributed by atoms with Gasteiger partial charge in [0, 0.05) is 43.5 Å². The highest BCUT2D eigenvalue weighted by atomic mass is 16.7. The van der Waals surface area contributed by atoms with E-state index in [2.05, 4.69) is 10.2 Å². The van der Waals surface area contributed by atoms with Crippen LogP contribution >= 0.6 is 0 Å². The first kappa shape index (κ1) is 29.6. The minimum Gasteiger partial charge on any atom is -0.444 e. The molecule has 2 atom stereocenters. The van der Waals surface area contributed by atoms with Gasteiger partial charge in [0.05, 0.1) is 11.2 Å². The molecule has 1 aromatic heterocycles. The van der Waals surface area contributed by atoms with E-state index in [9.17, 15) is 9.59 Å². The van der Waals surface area contributed by atoms with Crippen molar-refractivity contribution in [3.05, 3.63) is 12.4 Å². The Morgan fingerprint density at radius 3 is 2.23 bits per heavy atom. The molecule has 11 heteroatoms. The first-order valence-corrected chi connectivity index (χ1v) is 14.3. The highest BCUT2D eigenvalue weighted by molar-refractivity contribution is 6.61. The lowest BCUT2D eigenvalue weighted by molar-refractivity contribution is -0.133. The van der Waals surface area contributed by atoms with Crippen LogP contribution in [-0.2, 0) is 18.8 Å². The molecule has 0 bridgehead atoms. The summed E-state index contributed by atoms with van der Waals surface area (Å²) in [5, 5.41) is 2.79. The molecule has 216 valence electrons. The third kappa shape index (κ3) is 7.03. The molecule has 2 amide bonds. The molecule has 4 rings (SSSR count). The maximum atomic E-state index is 13.4. The second-order valence-corrected chi connectivity index (χ2v) is 13.6. The number of ether oxygens (including phenoxy) is 1. The van der Waals surface area contributed by atoms with Crippen molar-refractivity contribution >= 4 is 30.5 Å². The van der Waals surface area contributed by atoms with E-state index in [0.717, 1.165) is 31.3 Å². The molecule has 2 aliphatic heterocycles. The third-order valence-corrected chi connectivity index (χ3v) is 8.09. The second kappa shape index (κ2) is 10.9. The molecular weight excluding hydrogens is 497 g/mol. The van der Waals surface area contributed by atoms with Crippen molar-refractivity contribution < 1.29 is 23.6 Å². The van der Waals surface area contributed by atoms with E-state index in [-0.39, 0.29) is 11.8 Å². The predicted octanol–water partition coefficient (Wildman–Crippen LogP) is 3.14. The molecule has 10 nitrogen and oxygen atoms in total. The van der Waals surface area contributed by atoms with E-state index in [4.69, 9.17) is 24.0 Å². The van der Waals surface area contributed by atoms with Crippen molar-refractivity contribution in [2.45, 2.75) is 110 Å². The molecule has 1 saturated carbocycles. The zero-order chi connectivity index (χ0) is 28.8. The lowest BCUT2D eigenvalue weighted by Crippen LogP contribution is -2.51. The van der Waals surface area contributed by atoms with E-state index in [1.54, 1.807) is 12.4 Å². The molecule has 1 aliphatic carbocycles. The van der Waals surface area contributed by atoms with Crippen LogP contribution in [0.25, 0.3) is 0 Å². The van der Waals surface area contributed by atoms with Crippen molar-refractivity contribution in [3.8, 4) is 0 Å². The van der Waals surface area contributed by atoms with Crippen LogP contribution in [0, 0.1) is 11.8 Å². The van der Waals surface area contributed by atoms with Crippen LogP contribution in [0.4, 0.5) is 10.7 Å². The van der Waals surface area contributed by atoms with Crippen LogP contribution in [0.5, 0.6) is 0 Å². The fourth-order valence-corrected chi connectivity index (χ4v) is 4.97. The number of alkyl carbamates (subject to hydrolysis) is 1. The van der Waals surface area contributed by atoms with Crippen LogP contribution < -0.4 is 15.7 Å². The van der Waals surface area contributed by atoms with Gasteiger partial charge in [-0.1, -0.05) is 13.8 Å². The summed E-state index contributed by atoms with van der Waals surface area (Å²) in [4.78, 5) is 39.3. The van der Waals surface area contributed by atoms with Gasteiger partial charge < -0.3 is 29.2 Å². The van der Waals surface area contributed by atoms with E-state index >= 15 is 0 Å². The van der Waals surface area contributed by atoms with Crippen molar-refractivity contribution in [3.63, 3.8) is 0 Å². The van der Waals surface area contributed by atoms with Gasteiger partial charge in [0.25, 0.3) is 0 Å². The number of nitrogens with zero attached hydrogens (tertiary/aromatic N) is 4. The molecule has 0 spiro atoms. The molecule has 1 aromatic rings. The van der Waals surface area contributed by atoms with Crippen molar-refractivity contribution in [2.24, 2.45) is 11.8 Å². The van der Waals surface area contributed by atoms with Crippen molar-refractivity contribution in [1.29, 1.82) is 0 Å². The van der Waals surface area contributed by atoms with Gasteiger partial charge >= 0.3 is 13.2 Å². The van der Waals surface area contributed by atoms with E-state index < -0.39 is 36.1 Å². The largest absolute Gasteiger partial charge is 0.498 e. The fraction of sp³-hybridized carbons (Fsp3) is 0.786. The summed E-state index contributed by atoms with van der Waals surface area (Å²) in [6.07, 6.45) is 6.18. The smallest absolute Gasteiger partial charge is 0.444 e. The number of hydrogen-bond donors (Lipinski definition) is 1. The Kier molecular flexibility index (Phi) is 8.25. The number of amides is 2. The summed E-state index contributed by atoms with van der Waals surface area (Å²) >= 11 is 0. The Morgan fingerprint density at radius 1 is 1.13 bits per heavy atom. The molecule has 1 N–H and O–H groups in total. The Labute approximate surface area is 233 Å². The van der Waals surface area contributed by atoms with Gasteiger partial charge in [-0.05, 0) is 79.6 Å². The summed E-state index contributed by atoms with van der Waals surface area (Å²) in [6, 6.07) is -0.196. The minimum atomic E-state index is -0.621. The number of anilines is 1. The minimum absolute atomic E-state index is 0.0528. The normalized spacial score (nSPS) is 23.2. The molecule has 0 unspecified atom stereocenters. The summed E-state index contributed by atoms with van der Waals surface area (Å²) in [7, 11) is -0.490. The SMILES string of the molecule is CC(C)[C@@H](NC(=O)OC(C)(C)C)C(=O)N1CC[C@H](CN(c2ncc(B3OC(C)(C)C(C)(C)O3)cn2)C2CC2)C1. The molecule has 0 radical (unpaired) electrons. The zero-order valence-electron chi connectivity index (χ0n) is 25.1. The number of carbonyl (C=O) groups is 2. The standard InChI is InChI=1S/C28H46BN5O5/c1-18(2)22(32-25(36)37-26(3,4)5)23(35)33-13-12-19(16-33)17-34(21-10-11-21)24-30-14-20(15-31-24)29-38-27(6,7)28(8,9)39-29/h14-15,18-19,21-22H,10-13,16-17H2,1-9H3,(H,32,36)/t19-,22+/m0/s1. The van der Waals surface area contributed by atoms with Gasteiger partial charge in [-0.2, -0.15) is 0 Å². The lowest BCUT2D eigenvalue weighted by Gasteiger charge is -2.32. The summed E-state index contributed by atoms with van der Waals surface area (Å²) < 4.78 is 17.7. The molecule has 3 heterocycles. The summed E-state index contributed by atoms with van der Waals surface area (Å²) in [5.41, 5.74) is -0.647. The average molecular weight is 544 g/mol. The van der Waals surface area contributed by atoms with Crippen LogP contribution in [0.2, 0.25) is 0 Å². The quantitative estimate of drug-likeness (QED) is 0.499. The average Bonchev–Trinajstić information content (AvgIpc) is 3.50. The van der Waals surface area contributed by atoms with Gasteiger partial charge in [-0.15, -0.1) is 0 Å². The molecule has 2 saturated heterocycles. The van der Waals surface area contributed by atoms with Crippen LogP contribution in [0.15, 0.2) is 12.4 Å². The lowest BCUT2D eigenvalue weighted by atomic mass is 9.81. The van der Waals surface area contributed by atoms with Crippen molar-refractivity contribution in [1.82, 2.24) is 20.2 Å². The van der Waals surface area contributed by atoms with Gasteiger partial charge in [-0.25, -0.2) is 14.8 Å². The Bertz CT molecular complexity index is 1020. The number of aromatic nitrogens is 2. The van der Waals surface area contributed by atoms with E-state index in [0.29, 0.717) is 31.0 Å². The highest BCUT2D eigenvalue weighted by Crippen LogP contribution is 2.36. The van der Waals surface area contributed by atoms with Crippen LogP contribution in [-0.4, -0.2) is 82.5 Å². The first-order valence-electron chi connectivity index (χ1n) is 14.3. The Morgan fingerprint density at radius 2 is 1.72 bits per heavy atom. The molecular formula is C28H46BN5O5. The summed E-state index contributed by atoms with van der Waals surface area (Å²) in [5.74, 6) is 0.895. The van der Waals surface area contributed by atoms with Gasteiger partial charge in [0.15, 0.2) is 0 Å². The number of nitrogens with one attached hydrogen (secondary N) is 1. The Hall–Kier alpha value is -2.40. The topological polar surface area (TPSA) is 106 Å². The van der Waals surface area contributed by atoms with Gasteiger partial charge in [-0.3, -0.25) is 4.79 Å². The maximum Gasteiger partial charge on any atom is 0.498 e. The molecule has 0 aromatic carbocycles. The van der Waals surface area contributed by atoms with Crippen LogP contribution in [0.1, 0.15) is 81.6 Å². The van der Waals surface area contributed by atoms with Gasteiger partial charge in [0.1, 0.15) is 11.6 Å². The number of likely N-dealkylation sites (tertiary alicyclic amines) is 1. The number of carbonyl (C=O) groups excluding carboxylic acids is 2. The maximum absolute atomic E-state index is 13.4. The first-order chi connectivity index (χ1) is 18.1. The third-order valence-electron chi connectivity index (χ3n) is 8.09. The molecule has 39 heavy (non-hydrogen) atoms. The number of rotatable bonds is 8. The second-order valence-electron chi connectivity index (χ2n) is 13.6. The summed E-state index contributed by atoms with van der Waals surface area (Å²) in [6.45, 7) is 19.5. The molecule has 3 fully saturated rings. The molecule has 3 aliphatic rings. The Balaban J connectivity index is 1.37. The zero-order valence-corrected chi connectivity index (χ0v) is 25.1. The van der Waals surface area contributed by atoms with Crippen LogP contribution in [0.3, 0.4) is 0 Å². The van der Waals surface area contributed by atoms with Gasteiger partial charge in [0.2, 0.25) is 11.9 Å². The van der Waals surface area contributed by atoms with Crippen molar-refractivity contribution in [2.75, 3.05) is 24.5 Å². The number of hydrogen-bond acceptors (Lipinski definition) is 8. The monoisotopic (exact) mass is 543 g/mol. The fourth-order valence-electron chi connectivity index (χ4n) is 4.97. The van der Waals surface area contributed by atoms with E-state index in [1.165, 1.54) is 0 Å². The predicted molar refractivity (Wildman–Crippen MR) is 151 cm³/mol. The highest BCUT2D eigenvalue weighted by Gasteiger charge is 2.52.